The van der Waals surface area contributed by atoms with Crippen LogP contribution in [0.2, 0.25) is 0 Å². The number of ketones is 1. The maximum atomic E-state index is 14.4. The van der Waals surface area contributed by atoms with Crippen LogP contribution in [0.1, 0.15) is 100 Å². The van der Waals surface area contributed by atoms with Crippen molar-refractivity contribution < 1.29 is 24.0 Å². The number of nitrogens with one attached hydrogen (secondary N) is 4. The first-order valence-electron chi connectivity index (χ1n) is 17.0. The molecule has 0 spiro atoms. The number of carbonyl (C=O) groups is 5. The first kappa shape index (κ1) is 38.4. The molecule has 5 amide bonds. The number of nitrogens with zero attached hydrogens (tertiary/aromatic N) is 1. The Morgan fingerprint density at radius 3 is 2.23 bits per heavy atom. The van der Waals surface area contributed by atoms with Gasteiger partial charge in [-0.25, -0.2) is 4.79 Å². The predicted molar refractivity (Wildman–Crippen MR) is 187 cm³/mol. The molecule has 0 aromatic heterocycles. The molecule has 1 heterocycles. The summed E-state index contributed by atoms with van der Waals surface area (Å²) in [6, 6.07) is -3.28. The maximum absolute atomic E-state index is 14.4. The van der Waals surface area contributed by atoms with E-state index in [4.69, 9.17) is 6.42 Å². The first-order chi connectivity index (χ1) is 21.8. The van der Waals surface area contributed by atoms with E-state index in [1.807, 2.05) is 32.5 Å². The lowest BCUT2D eigenvalue weighted by Gasteiger charge is -2.41. The average molecular weight is 672 g/mol. The Kier molecular flexibility index (Phi) is 12.3. The van der Waals surface area contributed by atoms with E-state index in [2.05, 4.69) is 68.4 Å². The van der Waals surface area contributed by atoms with Crippen molar-refractivity contribution in [2.45, 2.75) is 129 Å². The van der Waals surface area contributed by atoms with Crippen LogP contribution in [-0.2, 0) is 19.2 Å². The molecule has 262 valence electrons. The molecule has 2 unspecified atom stereocenters. The lowest BCUT2D eigenvalue weighted by atomic mass is 9.83. The van der Waals surface area contributed by atoms with Crippen molar-refractivity contribution in [3.8, 4) is 12.3 Å². The number of amides is 5. The highest BCUT2D eigenvalue weighted by Gasteiger charge is 2.70. The number of likely N-dealkylation sites (tertiary alicyclic amines) is 1. The summed E-state index contributed by atoms with van der Waals surface area (Å²) in [6.45, 7) is 20.3. The summed E-state index contributed by atoms with van der Waals surface area (Å²) in [4.78, 5) is 69.2. The van der Waals surface area contributed by atoms with Crippen LogP contribution in [0, 0.1) is 35.0 Å². The van der Waals surface area contributed by atoms with Crippen molar-refractivity contribution in [3.05, 3.63) is 12.7 Å². The van der Waals surface area contributed by atoms with Crippen molar-refractivity contribution in [1.82, 2.24) is 26.2 Å². The Morgan fingerprint density at radius 2 is 1.68 bits per heavy atom. The van der Waals surface area contributed by atoms with Crippen molar-refractivity contribution >= 4 is 41.3 Å². The molecule has 0 aromatic carbocycles. The minimum absolute atomic E-state index is 0.0479. The van der Waals surface area contributed by atoms with Gasteiger partial charge in [-0.05, 0) is 41.9 Å². The number of rotatable bonds is 13. The highest BCUT2D eigenvalue weighted by atomic mass is 32.2. The van der Waals surface area contributed by atoms with Gasteiger partial charge in [0, 0.05) is 30.0 Å². The Hall–Kier alpha value is -3.00. The number of piperidine rings is 1. The Bertz CT molecular complexity index is 1250. The van der Waals surface area contributed by atoms with Gasteiger partial charge < -0.3 is 26.2 Å². The molecule has 0 aromatic rings. The standard InChI is InChI=1S/C36H57N5O5S/c1-11-13-17-24(27(42)30(44)37-20-12-2)38-29(43)26-25-23(35(25,9)10)21-41(26)31(45)28(33(3,4)5)39-32(46)40-36(18-15-14-16-19-36)22-47-34(6,7)8/h1,12,23-26,28H,2,13-22H2,3-10H3,(H,37,44)(H,38,43)(H2,39,40,46)/t23?,24?,25-,26-,28+/m0/s1. The fourth-order valence-corrected chi connectivity index (χ4v) is 8.16. The van der Waals surface area contributed by atoms with Gasteiger partial charge in [-0.1, -0.05) is 80.7 Å². The van der Waals surface area contributed by atoms with Gasteiger partial charge in [0.2, 0.25) is 17.6 Å². The fourth-order valence-electron chi connectivity index (χ4n) is 7.09. The number of fused-ring (bicyclic) bond motifs is 1. The van der Waals surface area contributed by atoms with E-state index in [1.54, 1.807) is 4.90 Å². The smallest absolute Gasteiger partial charge is 0.315 e. The zero-order valence-corrected chi connectivity index (χ0v) is 30.5. The van der Waals surface area contributed by atoms with Crippen LogP contribution in [0.15, 0.2) is 12.7 Å². The van der Waals surface area contributed by atoms with E-state index in [0.29, 0.717) is 6.54 Å². The minimum Gasteiger partial charge on any atom is -0.346 e. The number of terminal acetylenes is 1. The van der Waals surface area contributed by atoms with E-state index in [1.165, 1.54) is 6.08 Å². The molecular formula is C36H57N5O5S. The zero-order chi connectivity index (χ0) is 35.4. The van der Waals surface area contributed by atoms with Gasteiger partial charge in [-0.15, -0.1) is 18.9 Å². The van der Waals surface area contributed by atoms with Gasteiger partial charge >= 0.3 is 6.03 Å². The summed E-state index contributed by atoms with van der Waals surface area (Å²) in [5.41, 5.74) is -1.20. The normalized spacial score (nSPS) is 24.1. The Morgan fingerprint density at radius 1 is 1.04 bits per heavy atom. The van der Waals surface area contributed by atoms with Crippen LogP contribution in [0.5, 0.6) is 0 Å². The minimum atomic E-state index is -1.14. The molecule has 3 fully saturated rings. The van der Waals surface area contributed by atoms with Crippen LogP contribution < -0.4 is 21.3 Å². The van der Waals surface area contributed by atoms with Crippen LogP contribution in [0.3, 0.4) is 0 Å². The molecule has 1 aliphatic heterocycles. The molecule has 47 heavy (non-hydrogen) atoms. The number of carbonyl (C=O) groups excluding carboxylic acids is 5. The summed E-state index contributed by atoms with van der Waals surface area (Å²) in [7, 11) is 0. The fraction of sp³-hybridized carbons (Fsp3) is 0.750. The van der Waals surface area contributed by atoms with Gasteiger partial charge in [0.15, 0.2) is 0 Å². The summed E-state index contributed by atoms with van der Waals surface area (Å²) in [5.74, 6) is 0.743. The molecule has 1 saturated heterocycles. The summed E-state index contributed by atoms with van der Waals surface area (Å²) in [5, 5.41) is 11.5. The largest absolute Gasteiger partial charge is 0.346 e. The lowest BCUT2D eigenvalue weighted by molar-refractivity contribution is -0.145. The monoisotopic (exact) mass is 671 g/mol. The van der Waals surface area contributed by atoms with Crippen molar-refractivity contribution in [2.75, 3.05) is 18.8 Å². The molecule has 3 rings (SSSR count). The Labute approximate surface area is 286 Å². The maximum Gasteiger partial charge on any atom is 0.315 e. The summed E-state index contributed by atoms with van der Waals surface area (Å²) < 4.78 is 0.0479. The first-order valence-corrected chi connectivity index (χ1v) is 18.0. The zero-order valence-electron chi connectivity index (χ0n) is 29.7. The number of thioether (sulfide) groups is 1. The van der Waals surface area contributed by atoms with E-state index in [0.717, 1.165) is 37.9 Å². The van der Waals surface area contributed by atoms with Gasteiger partial charge in [0.05, 0.1) is 11.6 Å². The second kappa shape index (κ2) is 15.0. The second-order valence-electron chi connectivity index (χ2n) is 16.2. The number of urea groups is 1. The Balaban J connectivity index is 1.83. The molecule has 0 radical (unpaired) electrons. The molecule has 11 heteroatoms. The molecule has 2 saturated carbocycles. The third kappa shape index (κ3) is 9.55. The quantitative estimate of drug-likeness (QED) is 0.132. The second-order valence-corrected chi connectivity index (χ2v) is 18.0. The van der Waals surface area contributed by atoms with Gasteiger partial charge in [0.25, 0.3) is 5.91 Å². The highest BCUT2D eigenvalue weighted by molar-refractivity contribution is 8.00. The molecule has 4 N–H and O–H groups in total. The van der Waals surface area contributed by atoms with E-state index < -0.39 is 41.1 Å². The molecule has 3 aliphatic rings. The summed E-state index contributed by atoms with van der Waals surface area (Å²) in [6.07, 6.45) is 12.2. The molecule has 2 aliphatic carbocycles. The van der Waals surface area contributed by atoms with Gasteiger partial charge in [0.1, 0.15) is 12.1 Å². The topological polar surface area (TPSA) is 137 Å². The van der Waals surface area contributed by atoms with E-state index in [-0.39, 0.29) is 58.9 Å². The van der Waals surface area contributed by atoms with Crippen LogP contribution in [-0.4, -0.2) is 81.7 Å². The van der Waals surface area contributed by atoms with Gasteiger partial charge in [-0.2, -0.15) is 11.8 Å². The van der Waals surface area contributed by atoms with Crippen molar-refractivity contribution in [2.24, 2.45) is 22.7 Å². The molecule has 0 bridgehead atoms. The number of hydrogen-bond acceptors (Lipinski definition) is 6. The number of Topliss-reactive ketones (excluding diaryl/α,β-unsaturated/α-hetero) is 1. The third-order valence-electron chi connectivity index (χ3n) is 9.96. The van der Waals surface area contributed by atoms with E-state index in [9.17, 15) is 24.0 Å². The molecule has 5 atom stereocenters. The average Bonchev–Trinajstić information content (AvgIpc) is 3.29. The van der Waals surface area contributed by atoms with Crippen LogP contribution in [0.25, 0.3) is 0 Å². The van der Waals surface area contributed by atoms with Crippen molar-refractivity contribution in [1.29, 1.82) is 0 Å². The van der Waals surface area contributed by atoms with Crippen LogP contribution >= 0.6 is 11.8 Å². The van der Waals surface area contributed by atoms with Crippen LogP contribution in [0.4, 0.5) is 4.79 Å². The van der Waals surface area contributed by atoms with Crippen molar-refractivity contribution in [3.63, 3.8) is 0 Å². The lowest BCUT2D eigenvalue weighted by Crippen LogP contribution is -2.63. The third-order valence-corrected chi connectivity index (χ3v) is 11.5. The SMILES string of the molecule is C#CCCC(NC(=O)[C@@H]1[C@@H]2C(CN1C(=O)[C@@H](NC(=O)NC1(CSC(C)(C)C)CCCCC1)C(C)(C)C)C2(C)C)C(=O)C(=O)NCC=C. The summed E-state index contributed by atoms with van der Waals surface area (Å²) >= 11 is 1.83. The number of hydrogen-bond donors (Lipinski definition) is 4. The predicted octanol–water partition coefficient (Wildman–Crippen LogP) is 4.19. The highest BCUT2D eigenvalue weighted by Crippen LogP contribution is 2.65. The van der Waals surface area contributed by atoms with E-state index >= 15 is 0 Å². The molecular weight excluding hydrogens is 614 g/mol. The van der Waals surface area contributed by atoms with Gasteiger partial charge in [-0.3, -0.25) is 19.2 Å². The molecule has 10 nitrogen and oxygen atoms in total.